The molecule has 48 heavy (non-hydrogen) atoms. The third-order valence-corrected chi connectivity index (χ3v) is 6.66. The van der Waals surface area contributed by atoms with Crippen LogP contribution in [0.2, 0.25) is 0 Å². The monoisotopic (exact) mass is 675 g/mol. The molecule has 264 valence electrons. The van der Waals surface area contributed by atoms with E-state index in [1.165, 1.54) is 35.5 Å². The first kappa shape index (κ1) is 40.8. The van der Waals surface area contributed by atoms with Crippen LogP contribution in [0, 0.1) is 0 Å². The third-order valence-electron chi connectivity index (χ3n) is 6.66. The zero-order chi connectivity index (χ0) is 36.4. The number of hydrogen-bond donors (Lipinski definition) is 6. The number of para-hydroxylation sites is 1. The molecule has 3 aromatic carbocycles. The molecule has 0 spiro atoms. The molecule has 0 radical (unpaired) electrons. The molecule has 0 heterocycles. The van der Waals surface area contributed by atoms with Gasteiger partial charge < -0.3 is 60.9 Å². The number of aliphatic carboxylic acids is 3. The number of hydrogen-bond acceptors (Lipinski definition) is 12. The minimum absolute atomic E-state index is 0.129. The zero-order valence-corrected chi connectivity index (χ0v) is 27.8. The van der Waals surface area contributed by atoms with Crippen molar-refractivity contribution in [3.63, 3.8) is 0 Å². The molecule has 0 bridgehead atoms. The molecule has 3 aromatic rings. The highest BCUT2D eigenvalue weighted by Gasteiger charge is 2.18. The summed E-state index contributed by atoms with van der Waals surface area (Å²) in [5.41, 5.74) is 19.3. The Morgan fingerprint density at radius 3 is 1.46 bits per heavy atom. The number of nitrogens with two attached hydrogens (primary N) is 3. The topological polar surface area (TPSA) is 245 Å². The van der Waals surface area contributed by atoms with E-state index >= 15 is 0 Å². The van der Waals surface area contributed by atoms with Crippen LogP contribution in [-0.4, -0.2) is 75.9 Å². The molecule has 9 N–H and O–H groups in total. The molecule has 3 unspecified atom stereocenters. The molecule has 3 rings (SSSR count). The highest BCUT2D eigenvalue weighted by molar-refractivity contribution is 5.69. The Morgan fingerprint density at radius 2 is 1.02 bits per heavy atom. The van der Waals surface area contributed by atoms with Crippen molar-refractivity contribution >= 4 is 17.9 Å². The fourth-order valence-electron chi connectivity index (χ4n) is 4.27. The van der Waals surface area contributed by atoms with Gasteiger partial charge in [0.2, 0.25) is 0 Å². The maximum absolute atomic E-state index is 10.6. The van der Waals surface area contributed by atoms with Crippen LogP contribution < -0.4 is 45.6 Å². The molecule has 0 aliphatic heterocycles. The molecule has 0 fully saturated rings. The Kier molecular flexibility index (Phi) is 17.7. The van der Waals surface area contributed by atoms with Gasteiger partial charge in [-0.15, -0.1) is 0 Å². The molecule has 0 aliphatic rings. The van der Waals surface area contributed by atoms with Gasteiger partial charge in [-0.3, -0.25) is 14.4 Å². The Bertz CT molecular complexity index is 1460. The fourth-order valence-corrected chi connectivity index (χ4v) is 4.27. The van der Waals surface area contributed by atoms with E-state index in [0.29, 0.717) is 51.2 Å². The Labute approximate surface area is 279 Å². The average molecular weight is 676 g/mol. The third kappa shape index (κ3) is 13.2. The van der Waals surface area contributed by atoms with Crippen LogP contribution in [0.5, 0.6) is 34.5 Å². The van der Waals surface area contributed by atoms with Crippen molar-refractivity contribution in [2.45, 2.75) is 37.4 Å². The molecule has 3 atom stereocenters. The van der Waals surface area contributed by atoms with E-state index in [1.54, 1.807) is 61.7 Å². The van der Waals surface area contributed by atoms with Crippen molar-refractivity contribution in [3.8, 4) is 34.5 Å². The van der Waals surface area contributed by atoms with Crippen LogP contribution >= 0.6 is 0 Å². The van der Waals surface area contributed by atoms with E-state index in [2.05, 4.69) is 0 Å². The maximum Gasteiger partial charge on any atom is 0.305 e. The first-order valence-electron chi connectivity index (χ1n) is 14.3. The lowest BCUT2D eigenvalue weighted by Gasteiger charge is -2.16. The van der Waals surface area contributed by atoms with Crippen LogP contribution in [0.15, 0.2) is 54.6 Å². The normalized spacial score (nSPS) is 11.9. The molecule has 15 heteroatoms. The minimum atomic E-state index is -0.947. The van der Waals surface area contributed by atoms with Gasteiger partial charge in [0, 0.05) is 41.4 Å². The van der Waals surface area contributed by atoms with Crippen molar-refractivity contribution in [3.05, 3.63) is 71.3 Å². The van der Waals surface area contributed by atoms with Crippen molar-refractivity contribution in [1.82, 2.24) is 0 Å². The molecule has 0 aromatic heterocycles. The Balaban J connectivity index is 0.000000360. The summed E-state index contributed by atoms with van der Waals surface area (Å²) in [7, 11) is 9.12. The van der Waals surface area contributed by atoms with Gasteiger partial charge in [-0.2, -0.15) is 0 Å². The predicted molar refractivity (Wildman–Crippen MR) is 176 cm³/mol. The van der Waals surface area contributed by atoms with Gasteiger partial charge in [0.25, 0.3) is 0 Å². The van der Waals surface area contributed by atoms with E-state index in [9.17, 15) is 14.4 Å². The van der Waals surface area contributed by atoms with Crippen LogP contribution in [0.4, 0.5) is 0 Å². The van der Waals surface area contributed by atoms with E-state index in [-0.39, 0.29) is 19.3 Å². The second-order valence-electron chi connectivity index (χ2n) is 9.95. The number of methoxy groups -OCH3 is 6. The summed E-state index contributed by atoms with van der Waals surface area (Å²) in [6.45, 7) is 0. The number of carboxylic acid groups (broad SMARTS) is 3. The van der Waals surface area contributed by atoms with Gasteiger partial charge in [-0.25, -0.2) is 0 Å². The quantitative estimate of drug-likeness (QED) is 0.135. The molecule has 0 saturated heterocycles. The second kappa shape index (κ2) is 20.8. The predicted octanol–water partition coefficient (Wildman–Crippen LogP) is 3.53. The van der Waals surface area contributed by atoms with Crippen molar-refractivity contribution in [2.24, 2.45) is 17.2 Å². The first-order chi connectivity index (χ1) is 22.7. The lowest BCUT2D eigenvalue weighted by Crippen LogP contribution is -2.16. The summed E-state index contributed by atoms with van der Waals surface area (Å²) in [6.07, 6.45) is -0.414. The summed E-state index contributed by atoms with van der Waals surface area (Å²) < 4.78 is 30.6. The molecule has 0 saturated carbocycles. The molecule has 15 nitrogen and oxygen atoms in total. The van der Waals surface area contributed by atoms with Gasteiger partial charge in [-0.05, 0) is 29.8 Å². The highest BCUT2D eigenvalue weighted by atomic mass is 16.5. The van der Waals surface area contributed by atoms with E-state index < -0.39 is 36.0 Å². The van der Waals surface area contributed by atoms with E-state index in [0.717, 1.165) is 0 Å². The highest BCUT2D eigenvalue weighted by Crippen LogP contribution is 2.35. The van der Waals surface area contributed by atoms with Gasteiger partial charge in [0.05, 0.1) is 61.9 Å². The maximum atomic E-state index is 10.6. The second-order valence-corrected chi connectivity index (χ2v) is 9.95. The number of carbonyl (C=O) groups is 3. The van der Waals surface area contributed by atoms with Gasteiger partial charge >= 0.3 is 17.9 Å². The summed E-state index contributed by atoms with van der Waals surface area (Å²) >= 11 is 0. The summed E-state index contributed by atoms with van der Waals surface area (Å²) in [5.74, 6) is 0.568. The smallest absolute Gasteiger partial charge is 0.305 e. The summed E-state index contributed by atoms with van der Waals surface area (Å²) in [6, 6.07) is 13.7. The van der Waals surface area contributed by atoms with Gasteiger partial charge in [0.15, 0.2) is 11.5 Å². The number of rotatable bonds is 15. The van der Waals surface area contributed by atoms with E-state index in [4.69, 9.17) is 60.9 Å². The fraction of sp³-hybridized carbons (Fsp3) is 0.364. The Hall–Kier alpha value is -5.25. The average Bonchev–Trinajstić information content (AvgIpc) is 3.06. The lowest BCUT2D eigenvalue weighted by molar-refractivity contribution is -0.138. The number of benzene rings is 3. The van der Waals surface area contributed by atoms with Crippen molar-refractivity contribution in [2.75, 3.05) is 42.7 Å². The molecular formula is C33H45N3O12. The zero-order valence-electron chi connectivity index (χ0n) is 27.8. The minimum Gasteiger partial charge on any atom is -0.497 e. The van der Waals surface area contributed by atoms with Crippen molar-refractivity contribution in [1.29, 1.82) is 0 Å². The number of carboxylic acids is 3. The van der Waals surface area contributed by atoms with Crippen molar-refractivity contribution < 1.29 is 58.1 Å². The van der Waals surface area contributed by atoms with Gasteiger partial charge in [-0.1, -0.05) is 18.2 Å². The first-order valence-corrected chi connectivity index (χ1v) is 14.3. The Morgan fingerprint density at radius 1 is 0.542 bits per heavy atom. The van der Waals surface area contributed by atoms with Gasteiger partial charge in [0.1, 0.15) is 23.0 Å². The van der Waals surface area contributed by atoms with Crippen LogP contribution in [0.3, 0.4) is 0 Å². The number of ether oxygens (including phenoxy) is 6. The summed E-state index contributed by atoms with van der Waals surface area (Å²) in [5, 5.41) is 26.0. The standard InChI is InChI=1S/3C11H15NO4/c1-15-8-3-7(4-9(5-8)16-2)10(12)6-11(13)14;1-15-7-3-4-8(10(5-7)16-2)9(12)6-11(13)14;1-15-9-5-3-4-7(11(9)16-2)8(12)6-10(13)14/h3-5,10H,6,12H2,1-2H3,(H,13,14);3-5,9H,6,12H2,1-2H3,(H,13,14);3-5,8H,6,12H2,1-2H3,(H,13,14). The molecular weight excluding hydrogens is 630 g/mol. The largest absolute Gasteiger partial charge is 0.497 e. The van der Waals surface area contributed by atoms with Crippen LogP contribution in [0.25, 0.3) is 0 Å². The van der Waals surface area contributed by atoms with Crippen LogP contribution in [-0.2, 0) is 14.4 Å². The molecule has 0 aliphatic carbocycles. The van der Waals surface area contributed by atoms with E-state index in [1.807, 2.05) is 0 Å². The summed E-state index contributed by atoms with van der Waals surface area (Å²) in [4.78, 5) is 31.7. The molecule has 0 amide bonds. The van der Waals surface area contributed by atoms with Crippen LogP contribution in [0.1, 0.15) is 54.1 Å². The SMILES string of the molecule is COc1cc(OC)cc(C(N)CC(=O)O)c1.COc1ccc(C(N)CC(=O)O)c(OC)c1.COc1cccc(C(N)CC(=O)O)c1OC. The lowest BCUT2D eigenvalue weighted by atomic mass is 10.0.